The molecule has 0 saturated carbocycles. The topological polar surface area (TPSA) is 131 Å². The van der Waals surface area contributed by atoms with E-state index in [2.05, 4.69) is 20.4 Å². The summed E-state index contributed by atoms with van der Waals surface area (Å²) in [5.74, 6) is -2.81. The quantitative estimate of drug-likeness (QED) is 0.384. The lowest BCUT2D eigenvalue weighted by atomic mass is 9.96. The number of carbonyl (C=O) groups is 2. The molecule has 11 nitrogen and oxygen atoms in total. The number of likely N-dealkylation sites (tertiary alicyclic amines) is 2. The number of ether oxygens (including phenoxy) is 1. The number of methoxy groups -OCH3 is 1. The monoisotopic (exact) mass is 624 g/mol. The molecule has 0 unspecified atom stereocenters. The van der Waals surface area contributed by atoms with Gasteiger partial charge in [0.15, 0.2) is 11.5 Å². The number of amides is 2. The van der Waals surface area contributed by atoms with Gasteiger partial charge in [-0.3, -0.25) is 14.5 Å². The molecule has 2 aliphatic rings. The fraction of sp³-hybridized carbons (Fsp3) is 0.536. The van der Waals surface area contributed by atoms with Gasteiger partial charge in [0, 0.05) is 24.8 Å². The van der Waals surface area contributed by atoms with Gasteiger partial charge in [-0.1, -0.05) is 0 Å². The minimum absolute atomic E-state index is 0.00676. The van der Waals surface area contributed by atoms with Crippen LogP contribution in [0.4, 0.5) is 27.8 Å². The first-order valence-electron chi connectivity index (χ1n) is 14.0. The number of rotatable bonds is 7. The lowest BCUT2D eigenvalue weighted by Gasteiger charge is -2.32. The highest BCUT2D eigenvalue weighted by molar-refractivity contribution is 5.98. The first-order chi connectivity index (χ1) is 20.7. The Balaban J connectivity index is 1.41. The maximum absolute atomic E-state index is 14.8. The Morgan fingerprint density at radius 2 is 1.82 bits per heavy atom. The molecule has 2 aliphatic heterocycles. The number of nitrogens with one attached hydrogen (secondary N) is 1. The van der Waals surface area contributed by atoms with E-state index >= 15 is 0 Å². The number of nitrogens with two attached hydrogens (primary N) is 1. The smallest absolute Gasteiger partial charge is 0.391 e. The Hall–Kier alpha value is -4.08. The predicted molar refractivity (Wildman–Crippen MR) is 149 cm³/mol. The van der Waals surface area contributed by atoms with E-state index in [9.17, 15) is 31.5 Å². The third-order valence-corrected chi connectivity index (χ3v) is 8.05. The molecule has 5 rings (SSSR count). The van der Waals surface area contributed by atoms with Gasteiger partial charge in [0.05, 0.1) is 31.3 Å². The molecule has 2 fully saturated rings. The molecule has 0 radical (unpaired) electrons. The third kappa shape index (κ3) is 6.25. The summed E-state index contributed by atoms with van der Waals surface area (Å²) in [5, 5.41) is 6.88. The number of nitrogens with zero attached hydrogens (tertiary/aromatic N) is 6. The number of aromatic nitrogens is 4. The average molecular weight is 625 g/mol. The molecule has 0 spiro atoms. The third-order valence-electron chi connectivity index (χ3n) is 8.05. The maximum atomic E-state index is 14.8. The molecule has 16 heteroatoms. The van der Waals surface area contributed by atoms with Crippen molar-refractivity contribution in [3.05, 3.63) is 35.8 Å². The van der Waals surface area contributed by atoms with Crippen molar-refractivity contribution in [1.82, 2.24) is 34.7 Å². The highest BCUT2D eigenvalue weighted by Crippen LogP contribution is 2.36. The number of fused-ring (bicyclic) bond motifs is 1. The van der Waals surface area contributed by atoms with Gasteiger partial charge < -0.3 is 20.7 Å². The molecule has 3 N–H and O–H groups in total. The van der Waals surface area contributed by atoms with Crippen LogP contribution < -0.4 is 15.8 Å². The first-order valence-corrected chi connectivity index (χ1v) is 14.0. The van der Waals surface area contributed by atoms with Crippen LogP contribution in [0, 0.1) is 5.92 Å². The molecule has 238 valence electrons. The van der Waals surface area contributed by atoms with Crippen LogP contribution in [0.5, 0.6) is 5.88 Å². The zero-order chi connectivity index (χ0) is 32.0. The lowest BCUT2D eigenvalue weighted by Crippen LogP contribution is -2.44. The van der Waals surface area contributed by atoms with E-state index < -0.39 is 41.8 Å². The molecule has 0 aromatic carbocycles. The number of alkyl halides is 5. The summed E-state index contributed by atoms with van der Waals surface area (Å²) in [5.41, 5.74) is 6.02. The lowest BCUT2D eigenvalue weighted by molar-refractivity contribution is -0.185. The SMILES string of the molecule is COc1ncc(-c2cc(CN3CCC(C(F)(F)F)CC3)c3c(N)ncnn23)cc1C(=O)N[C@@H]1CN(C(=O)C(C)(C)F)C[C@@H]1F. The van der Waals surface area contributed by atoms with Gasteiger partial charge in [-0.25, -0.2) is 23.3 Å². The zero-order valence-corrected chi connectivity index (χ0v) is 24.4. The second kappa shape index (κ2) is 11.8. The number of halogens is 5. The fourth-order valence-electron chi connectivity index (χ4n) is 5.74. The molecule has 0 aliphatic carbocycles. The largest absolute Gasteiger partial charge is 0.480 e. The summed E-state index contributed by atoms with van der Waals surface area (Å²) in [7, 11) is 1.32. The average Bonchev–Trinajstić information content (AvgIpc) is 3.52. The van der Waals surface area contributed by atoms with Gasteiger partial charge in [-0.05, 0) is 57.5 Å². The van der Waals surface area contributed by atoms with Crippen molar-refractivity contribution in [3.63, 3.8) is 0 Å². The predicted octanol–water partition coefficient (Wildman–Crippen LogP) is 3.18. The van der Waals surface area contributed by atoms with Crippen LogP contribution in [0.3, 0.4) is 0 Å². The summed E-state index contributed by atoms with van der Waals surface area (Å²) in [6, 6.07) is 2.16. The van der Waals surface area contributed by atoms with Crippen LogP contribution in [-0.2, 0) is 11.3 Å². The van der Waals surface area contributed by atoms with E-state index in [0.29, 0.717) is 28.9 Å². The number of hydrogen-bond acceptors (Lipinski definition) is 8. The van der Waals surface area contributed by atoms with E-state index in [1.807, 2.05) is 4.90 Å². The molecule has 3 aromatic heterocycles. The molecule has 2 atom stereocenters. The van der Waals surface area contributed by atoms with E-state index in [4.69, 9.17) is 10.5 Å². The second-order valence-corrected chi connectivity index (χ2v) is 11.6. The van der Waals surface area contributed by atoms with Crippen molar-refractivity contribution in [1.29, 1.82) is 0 Å². The van der Waals surface area contributed by atoms with Gasteiger partial charge in [0.1, 0.15) is 23.6 Å². The molecule has 0 bridgehead atoms. The minimum atomic E-state index is -4.23. The number of hydrogen-bond donors (Lipinski definition) is 2. The van der Waals surface area contributed by atoms with Gasteiger partial charge in [0.25, 0.3) is 11.8 Å². The number of pyridine rings is 1. The molecule has 5 heterocycles. The normalized spacial score (nSPS) is 20.3. The Labute approximate surface area is 249 Å². The van der Waals surface area contributed by atoms with Crippen LogP contribution in [-0.4, -0.2) is 98.5 Å². The van der Waals surface area contributed by atoms with Crippen molar-refractivity contribution >= 4 is 23.1 Å². The van der Waals surface area contributed by atoms with Crippen LogP contribution in [0.1, 0.15) is 42.6 Å². The highest BCUT2D eigenvalue weighted by Gasteiger charge is 2.42. The van der Waals surface area contributed by atoms with Gasteiger partial charge in [0.2, 0.25) is 5.88 Å². The minimum Gasteiger partial charge on any atom is -0.480 e. The van der Waals surface area contributed by atoms with E-state index in [1.54, 1.807) is 6.07 Å². The van der Waals surface area contributed by atoms with Gasteiger partial charge in [-0.15, -0.1) is 0 Å². The summed E-state index contributed by atoms with van der Waals surface area (Å²) in [4.78, 5) is 36.9. The van der Waals surface area contributed by atoms with Crippen molar-refractivity contribution in [2.45, 2.75) is 57.3 Å². The molecule has 44 heavy (non-hydrogen) atoms. The van der Waals surface area contributed by atoms with Crippen molar-refractivity contribution < 1.29 is 36.3 Å². The second-order valence-electron chi connectivity index (χ2n) is 11.6. The molecular formula is C28H33F5N8O3. The van der Waals surface area contributed by atoms with Crippen molar-refractivity contribution in [2.75, 3.05) is 39.0 Å². The summed E-state index contributed by atoms with van der Waals surface area (Å²) < 4.78 is 75.3. The van der Waals surface area contributed by atoms with Crippen LogP contribution in [0.15, 0.2) is 24.7 Å². The zero-order valence-electron chi connectivity index (χ0n) is 24.4. The van der Waals surface area contributed by atoms with E-state index in [-0.39, 0.29) is 56.3 Å². The van der Waals surface area contributed by atoms with Crippen LogP contribution in [0.25, 0.3) is 16.8 Å². The Bertz CT molecular complexity index is 1550. The summed E-state index contributed by atoms with van der Waals surface area (Å²) >= 11 is 0. The van der Waals surface area contributed by atoms with Crippen LogP contribution in [0.2, 0.25) is 0 Å². The Morgan fingerprint density at radius 3 is 2.45 bits per heavy atom. The van der Waals surface area contributed by atoms with Gasteiger partial charge in [-0.2, -0.15) is 18.3 Å². The van der Waals surface area contributed by atoms with E-state index in [0.717, 1.165) is 18.7 Å². The van der Waals surface area contributed by atoms with Crippen molar-refractivity contribution in [3.8, 4) is 17.1 Å². The highest BCUT2D eigenvalue weighted by atomic mass is 19.4. The maximum Gasteiger partial charge on any atom is 0.391 e. The summed E-state index contributed by atoms with van der Waals surface area (Å²) in [6.45, 7) is 2.40. The number of anilines is 1. The van der Waals surface area contributed by atoms with E-state index in [1.165, 1.54) is 30.2 Å². The Morgan fingerprint density at radius 1 is 1.11 bits per heavy atom. The fourth-order valence-corrected chi connectivity index (χ4v) is 5.74. The van der Waals surface area contributed by atoms with Gasteiger partial charge >= 0.3 is 6.18 Å². The molecule has 2 saturated heterocycles. The first kappa shape index (κ1) is 31.3. The molecule has 3 aromatic rings. The van der Waals surface area contributed by atoms with Crippen molar-refractivity contribution in [2.24, 2.45) is 5.92 Å². The number of piperidine rings is 1. The summed E-state index contributed by atoms with van der Waals surface area (Å²) in [6.07, 6.45) is -3.16. The molecule has 2 amide bonds. The standard InChI is InChI=1S/C28H33F5N8O3/c1-27(2,30)26(43)40-12-19(29)20(13-40)38-24(42)18-8-15(10-35-25(18)44-3)21-9-16(22-23(34)36-14-37-41(21)22)11-39-6-4-17(5-7-39)28(31,32)33/h8-10,14,17,19-20H,4-7,11-13H2,1-3H3,(H,38,42)(H2,34,36,37)/t19-,20+/m0/s1. The Kier molecular flexibility index (Phi) is 8.39. The number of nitrogen functional groups attached to an aromatic ring is 1. The molecular weight excluding hydrogens is 591 g/mol. The number of carbonyl (C=O) groups excluding carboxylic acids is 2. The van der Waals surface area contributed by atoms with Crippen LogP contribution >= 0.6 is 0 Å².